The third-order valence-corrected chi connectivity index (χ3v) is 16.1. The van der Waals surface area contributed by atoms with Gasteiger partial charge in [-0.15, -0.1) is 41.3 Å². The summed E-state index contributed by atoms with van der Waals surface area (Å²) in [7, 11) is -1.34. The first kappa shape index (κ1) is 49.4. The molecule has 3 heterocycles. The molecule has 0 aliphatic carbocycles. The van der Waals surface area contributed by atoms with Crippen molar-refractivity contribution in [3.63, 3.8) is 0 Å². The number of rotatable bonds is 9. The van der Waals surface area contributed by atoms with Crippen molar-refractivity contribution in [1.29, 1.82) is 0 Å². The first-order valence-electron chi connectivity index (χ1n) is 24.5. The van der Waals surface area contributed by atoms with Gasteiger partial charge in [0.05, 0.1) is 30.6 Å². The average Bonchev–Trinajstić information content (AvgIpc) is 3.96. The van der Waals surface area contributed by atoms with E-state index < -0.39 is 8.07 Å². The number of para-hydroxylation sites is 2. The van der Waals surface area contributed by atoms with Crippen molar-refractivity contribution in [2.45, 2.75) is 66.1 Å². The summed E-state index contributed by atoms with van der Waals surface area (Å²) in [5.74, 6) is 1.56. The van der Waals surface area contributed by atoms with Crippen LogP contribution in [0.15, 0.2) is 194 Å². The maximum absolute atomic E-state index is 5.41. The Labute approximate surface area is 438 Å². The van der Waals surface area contributed by atoms with Crippen molar-refractivity contribution >= 4 is 56.5 Å². The van der Waals surface area contributed by atoms with Crippen molar-refractivity contribution in [3.8, 4) is 61.7 Å². The molecular weight excluding hydrogens is 1080 g/mol. The number of thiophene rings is 1. The number of imidazole rings is 1. The number of fused-ring (bicyclic) bond motifs is 3. The maximum atomic E-state index is 5.41. The van der Waals surface area contributed by atoms with Gasteiger partial charge in [0, 0.05) is 37.4 Å². The van der Waals surface area contributed by atoms with Crippen LogP contribution >= 0.6 is 11.3 Å². The fraction of sp³-hybridized carbons (Fsp3) is 0.169. The van der Waals surface area contributed by atoms with Gasteiger partial charge >= 0.3 is 0 Å². The predicted octanol–water partition coefficient (Wildman–Crippen LogP) is 17.4. The molecule has 0 saturated heterocycles. The summed E-state index contributed by atoms with van der Waals surface area (Å²) in [6, 6.07) is 70.5. The summed E-state index contributed by atoms with van der Waals surface area (Å²) < 4.78 is 3.60. The Balaban J connectivity index is 0.000000251. The molecule has 8 aromatic carbocycles. The molecule has 0 aliphatic heterocycles. The summed E-state index contributed by atoms with van der Waals surface area (Å²) in [4.78, 5) is 10.1. The predicted molar refractivity (Wildman–Crippen MR) is 303 cm³/mol. The van der Waals surface area contributed by atoms with Gasteiger partial charge in [0.2, 0.25) is 0 Å². The van der Waals surface area contributed by atoms with E-state index >= 15 is 0 Å². The van der Waals surface area contributed by atoms with Gasteiger partial charge in [-0.25, -0.2) is 0 Å². The minimum Gasteiger partial charge on any atom is -0.332 e. The second kappa shape index (κ2) is 20.7. The van der Waals surface area contributed by atoms with Gasteiger partial charge in [0.1, 0.15) is 0 Å². The monoisotopic (exact) mass is 1130 g/mol. The molecule has 0 amide bonds. The molecule has 0 aliphatic rings. The van der Waals surface area contributed by atoms with E-state index in [1.165, 1.54) is 65.2 Å². The minimum absolute atomic E-state index is 0. The van der Waals surface area contributed by atoms with E-state index in [1.54, 1.807) is 11.3 Å². The van der Waals surface area contributed by atoms with Crippen molar-refractivity contribution in [1.82, 2.24) is 14.5 Å². The van der Waals surface area contributed by atoms with Crippen molar-refractivity contribution < 1.29 is 20.1 Å². The van der Waals surface area contributed by atoms with E-state index in [1.807, 2.05) is 18.2 Å². The fourth-order valence-corrected chi connectivity index (χ4v) is 12.0. The van der Waals surface area contributed by atoms with Crippen LogP contribution in [-0.4, -0.2) is 22.6 Å². The molecule has 355 valence electrons. The summed E-state index contributed by atoms with van der Waals surface area (Å²) >= 11 is 1.67. The molecule has 3 aromatic heterocycles. The van der Waals surface area contributed by atoms with Gasteiger partial charge in [0.15, 0.2) is 0 Å². The van der Waals surface area contributed by atoms with Crippen LogP contribution in [-0.2, 0) is 31.9 Å². The Hall–Kier alpha value is -6.53. The topological polar surface area (TPSA) is 30.7 Å². The van der Waals surface area contributed by atoms with Gasteiger partial charge < -0.3 is 9.55 Å². The second-order valence-electron chi connectivity index (χ2n) is 20.9. The van der Waals surface area contributed by atoms with Crippen LogP contribution in [0.3, 0.4) is 0 Å². The molecule has 0 unspecified atom stereocenters. The Kier molecular flexibility index (Phi) is 14.4. The number of aromatic nitrogens is 3. The summed E-state index contributed by atoms with van der Waals surface area (Å²) in [6.07, 6.45) is 3.24. The molecular formula is C65H59IrN3SSi-2. The summed E-state index contributed by atoms with van der Waals surface area (Å²) in [5, 5.41) is 8.82. The zero-order valence-electron chi connectivity index (χ0n) is 41.8. The largest absolute Gasteiger partial charge is 0.332 e. The van der Waals surface area contributed by atoms with Crippen LogP contribution in [0.5, 0.6) is 0 Å². The summed E-state index contributed by atoms with van der Waals surface area (Å²) in [6.45, 7) is 18.6. The van der Waals surface area contributed by atoms with Crippen molar-refractivity contribution in [2.75, 3.05) is 0 Å². The van der Waals surface area contributed by atoms with E-state index in [9.17, 15) is 0 Å². The van der Waals surface area contributed by atoms with E-state index in [-0.39, 0.29) is 25.5 Å². The Morgan fingerprint density at radius 1 is 0.634 bits per heavy atom. The molecule has 71 heavy (non-hydrogen) atoms. The molecule has 3 nitrogen and oxygen atoms in total. The maximum Gasteiger partial charge on any atom is 0.0798 e. The van der Waals surface area contributed by atoms with E-state index in [0.717, 1.165) is 51.2 Å². The minimum atomic E-state index is -1.34. The van der Waals surface area contributed by atoms with Crippen LogP contribution in [0, 0.1) is 17.4 Å². The van der Waals surface area contributed by atoms with Crippen molar-refractivity contribution in [3.05, 3.63) is 217 Å². The van der Waals surface area contributed by atoms with Crippen LogP contribution in [0.1, 0.15) is 45.7 Å². The number of hydrogen-bond acceptors (Lipinski definition) is 3. The first-order chi connectivity index (χ1) is 33.8. The van der Waals surface area contributed by atoms with Gasteiger partial charge in [-0.3, -0.25) is 16.3 Å². The SMILES string of the molecule is CC(C)(C)c1cc(-c2ccccc2)c(-n2c(-c3[c-]sc4cc5ccc(-c6ccccc6)cc5cc34)nc3ccccc32)c(-c2ccccc2)c1.CC(C)Cc1cc(-c2[c-]cccc2)ncc1[Si](C)(C)C.[Ir]. The van der Waals surface area contributed by atoms with E-state index in [2.05, 4.69) is 251 Å². The molecule has 0 spiro atoms. The smallest absolute Gasteiger partial charge is 0.0798 e. The standard InChI is InChI=1S/C47H35N2S.C18H24NSi.Ir/c1-47(2,3)37-28-38(32-17-9-5-10-18-32)45(39(29-37)33-19-11-6-12-20-33)49-43-22-14-13-21-42(43)48-46(49)41-30-50-44-27-35-24-23-34(25-36(35)26-40(41)44)31-15-7-4-8-16-31;1-14(2)11-16-12-17(15-9-7-6-8-10-15)19-13-18(16)20(3,4)5;/h4-29H,1-3H3;6-9,12-14H,11H2,1-5H3;/q2*-1;. The molecule has 0 bridgehead atoms. The first-order valence-corrected chi connectivity index (χ1v) is 28.8. The average molecular weight is 1130 g/mol. The quantitative estimate of drug-likeness (QED) is 0.107. The summed E-state index contributed by atoms with van der Waals surface area (Å²) in [5.41, 5.74) is 16.1. The van der Waals surface area contributed by atoms with Gasteiger partial charge in [0.25, 0.3) is 0 Å². The number of pyridine rings is 1. The van der Waals surface area contributed by atoms with Crippen LogP contribution in [0.4, 0.5) is 0 Å². The zero-order chi connectivity index (χ0) is 48.6. The zero-order valence-corrected chi connectivity index (χ0v) is 46.1. The Morgan fingerprint density at radius 3 is 1.86 bits per heavy atom. The molecule has 1 radical (unpaired) electrons. The van der Waals surface area contributed by atoms with Crippen LogP contribution < -0.4 is 5.19 Å². The molecule has 0 saturated carbocycles. The molecule has 6 heteroatoms. The van der Waals surface area contributed by atoms with Gasteiger partial charge in [-0.1, -0.05) is 209 Å². The normalized spacial score (nSPS) is 11.7. The second-order valence-corrected chi connectivity index (χ2v) is 26.8. The van der Waals surface area contributed by atoms with Crippen LogP contribution in [0.25, 0.3) is 93.6 Å². The number of hydrogen-bond donors (Lipinski definition) is 0. The Morgan fingerprint density at radius 2 is 1.25 bits per heavy atom. The van der Waals surface area contributed by atoms with Crippen molar-refractivity contribution in [2.24, 2.45) is 5.92 Å². The van der Waals surface area contributed by atoms with Gasteiger partial charge in [-0.05, 0) is 97.6 Å². The third-order valence-electron chi connectivity index (χ3n) is 13.1. The van der Waals surface area contributed by atoms with E-state index in [0.29, 0.717) is 5.92 Å². The molecule has 0 atom stereocenters. The van der Waals surface area contributed by atoms with Gasteiger partial charge in [-0.2, -0.15) is 0 Å². The third kappa shape index (κ3) is 10.5. The van der Waals surface area contributed by atoms with E-state index in [4.69, 9.17) is 4.98 Å². The fourth-order valence-electron chi connectivity index (χ4n) is 9.58. The molecule has 0 N–H and O–H groups in total. The number of benzene rings is 8. The number of nitrogens with zero attached hydrogens (tertiary/aromatic N) is 3. The van der Waals surface area contributed by atoms with Crippen LogP contribution in [0.2, 0.25) is 19.6 Å². The molecule has 11 rings (SSSR count). The molecule has 0 fully saturated rings. The molecule has 11 aromatic rings. The Bertz CT molecular complexity index is 3540.